The van der Waals surface area contributed by atoms with Gasteiger partial charge >= 0.3 is 0 Å². The molecule has 1 atom stereocenters. The number of rotatable bonds is 5. The predicted octanol–water partition coefficient (Wildman–Crippen LogP) is 4.29. The maximum atomic E-state index is 13.4. The molecule has 4 aromatic rings. The molecule has 166 valence electrons. The zero-order chi connectivity index (χ0) is 22.8. The minimum atomic E-state index is -0.463. The smallest absolute Gasteiger partial charge is 0.254 e. The zero-order valence-electron chi connectivity index (χ0n) is 18.1. The van der Waals surface area contributed by atoms with Gasteiger partial charge in [0.15, 0.2) is 5.69 Å². The SMILES string of the molecule is CON=C1C[C@@H](c2nc(-c3cc(C)on3)no2)N(C(=O)c2ccc(-c3ccccc3)cc2)C1. The van der Waals surface area contributed by atoms with Crippen molar-refractivity contribution in [2.75, 3.05) is 13.7 Å². The van der Waals surface area contributed by atoms with Gasteiger partial charge < -0.3 is 18.8 Å². The van der Waals surface area contributed by atoms with Crippen LogP contribution in [0, 0.1) is 6.92 Å². The van der Waals surface area contributed by atoms with E-state index in [-0.39, 0.29) is 5.91 Å². The Morgan fingerprint density at radius 1 is 1.06 bits per heavy atom. The highest BCUT2D eigenvalue weighted by Crippen LogP contribution is 2.33. The molecule has 9 nitrogen and oxygen atoms in total. The Morgan fingerprint density at radius 2 is 1.82 bits per heavy atom. The van der Waals surface area contributed by atoms with Gasteiger partial charge in [-0.15, -0.1) is 0 Å². The van der Waals surface area contributed by atoms with E-state index in [1.54, 1.807) is 17.9 Å². The Morgan fingerprint density at radius 3 is 2.52 bits per heavy atom. The lowest BCUT2D eigenvalue weighted by molar-refractivity contribution is 0.0713. The number of likely N-dealkylation sites (tertiary alicyclic amines) is 1. The van der Waals surface area contributed by atoms with E-state index >= 15 is 0 Å². The molecule has 1 saturated heterocycles. The summed E-state index contributed by atoms with van der Waals surface area (Å²) in [5, 5.41) is 12.0. The van der Waals surface area contributed by atoms with Crippen molar-refractivity contribution in [3.8, 4) is 22.6 Å². The molecule has 0 saturated carbocycles. The quantitative estimate of drug-likeness (QED) is 0.424. The van der Waals surface area contributed by atoms with Crippen LogP contribution in [0.1, 0.15) is 34.5 Å². The number of hydrogen-bond acceptors (Lipinski definition) is 8. The number of oxime groups is 1. The van der Waals surface area contributed by atoms with E-state index in [4.69, 9.17) is 13.9 Å². The Kier molecular flexibility index (Phi) is 5.43. The fraction of sp³-hybridized carbons (Fsp3) is 0.208. The van der Waals surface area contributed by atoms with E-state index in [0.717, 1.165) is 11.1 Å². The van der Waals surface area contributed by atoms with Crippen LogP contribution in [0.2, 0.25) is 0 Å². The molecule has 3 heterocycles. The van der Waals surface area contributed by atoms with Crippen LogP contribution in [0.25, 0.3) is 22.6 Å². The molecular formula is C24H21N5O4. The van der Waals surface area contributed by atoms with Crippen LogP contribution >= 0.6 is 0 Å². The van der Waals surface area contributed by atoms with Crippen molar-refractivity contribution >= 4 is 11.6 Å². The first-order valence-electron chi connectivity index (χ1n) is 10.4. The van der Waals surface area contributed by atoms with Crippen molar-refractivity contribution in [1.82, 2.24) is 20.2 Å². The summed E-state index contributed by atoms with van der Waals surface area (Å²) < 4.78 is 10.6. The summed E-state index contributed by atoms with van der Waals surface area (Å²) in [6, 6.07) is 18.8. The van der Waals surface area contributed by atoms with E-state index in [1.165, 1.54) is 7.11 Å². The number of carbonyl (C=O) groups is 1. The standard InChI is InChI=1S/C24H21N5O4/c1-15-12-20(27-32-15)22-25-23(33-28-22)21-13-19(26-31-2)14-29(21)24(30)18-10-8-17(9-11-18)16-6-4-3-5-7-16/h3-12,21H,13-14H2,1-2H3/t21-/m0/s1. The molecule has 0 N–H and O–H groups in total. The monoisotopic (exact) mass is 443 g/mol. The van der Waals surface area contributed by atoms with Crippen molar-refractivity contribution in [3.63, 3.8) is 0 Å². The van der Waals surface area contributed by atoms with E-state index in [1.807, 2.05) is 54.6 Å². The number of nitrogens with zero attached hydrogens (tertiary/aromatic N) is 5. The van der Waals surface area contributed by atoms with Crippen molar-refractivity contribution in [2.45, 2.75) is 19.4 Å². The highest BCUT2D eigenvalue weighted by Gasteiger charge is 2.38. The summed E-state index contributed by atoms with van der Waals surface area (Å²) in [7, 11) is 1.48. The lowest BCUT2D eigenvalue weighted by Crippen LogP contribution is -2.31. The fourth-order valence-corrected chi connectivity index (χ4v) is 3.88. The summed E-state index contributed by atoms with van der Waals surface area (Å²) in [5.41, 5.74) is 3.88. The molecule has 1 aliphatic rings. The van der Waals surface area contributed by atoms with Gasteiger partial charge in [0.2, 0.25) is 11.7 Å². The first-order chi connectivity index (χ1) is 16.1. The third-order valence-corrected chi connectivity index (χ3v) is 5.46. The number of amides is 1. The first kappa shape index (κ1) is 20.6. The molecule has 2 aromatic carbocycles. The topological polar surface area (TPSA) is 107 Å². The van der Waals surface area contributed by atoms with Gasteiger partial charge in [-0.3, -0.25) is 4.79 Å². The number of hydrogen-bond donors (Lipinski definition) is 0. The van der Waals surface area contributed by atoms with Gasteiger partial charge in [0.05, 0.1) is 12.3 Å². The number of carbonyl (C=O) groups excluding carboxylic acids is 1. The van der Waals surface area contributed by atoms with Crippen molar-refractivity contribution < 1.29 is 18.7 Å². The molecule has 0 spiro atoms. The molecule has 33 heavy (non-hydrogen) atoms. The molecule has 1 aliphatic heterocycles. The number of benzene rings is 2. The Hall–Kier alpha value is -4.27. The van der Waals surface area contributed by atoms with E-state index in [2.05, 4.69) is 20.5 Å². The van der Waals surface area contributed by atoms with E-state index < -0.39 is 6.04 Å². The molecule has 5 rings (SSSR count). The van der Waals surface area contributed by atoms with E-state index in [9.17, 15) is 4.79 Å². The first-order valence-corrected chi connectivity index (χ1v) is 10.4. The van der Waals surface area contributed by atoms with Crippen LogP contribution < -0.4 is 0 Å². The van der Waals surface area contributed by atoms with Crippen LogP contribution in [-0.4, -0.2) is 45.5 Å². The minimum absolute atomic E-state index is 0.155. The summed E-state index contributed by atoms with van der Waals surface area (Å²) >= 11 is 0. The average molecular weight is 443 g/mol. The molecular weight excluding hydrogens is 422 g/mol. The second kappa shape index (κ2) is 8.70. The van der Waals surface area contributed by atoms with Gasteiger partial charge in [-0.2, -0.15) is 4.98 Å². The minimum Gasteiger partial charge on any atom is -0.399 e. The molecule has 0 aliphatic carbocycles. The van der Waals surface area contributed by atoms with Gasteiger partial charge in [-0.1, -0.05) is 57.9 Å². The van der Waals surface area contributed by atoms with Crippen LogP contribution in [0.3, 0.4) is 0 Å². The van der Waals surface area contributed by atoms with Crippen molar-refractivity contribution in [2.24, 2.45) is 5.16 Å². The van der Waals surface area contributed by atoms with Crippen LogP contribution in [0.4, 0.5) is 0 Å². The maximum absolute atomic E-state index is 13.4. The van der Waals surface area contributed by atoms with Crippen molar-refractivity contribution in [1.29, 1.82) is 0 Å². The highest BCUT2D eigenvalue weighted by molar-refractivity contribution is 6.00. The maximum Gasteiger partial charge on any atom is 0.254 e. The third kappa shape index (κ3) is 4.12. The Balaban J connectivity index is 1.42. The van der Waals surface area contributed by atoms with Gasteiger partial charge in [0, 0.05) is 18.1 Å². The summed E-state index contributed by atoms with van der Waals surface area (Å²) in [6.07, 6.45) is 0.432. The molecule has 0 bridgehead atoms. The van der Waals surface area contributed by atoms with Crippen LogP contribution in [0.5, 0.6) is 0 Å². The average Bonchev–Trinajstić information content (AvgIpc) is 3.59. The van der Waals surface area contributed by atoms with Crippen molar-refractivity contribution in [3.05, 3.63) is 77.9 Å². The molecule has 0 unspecified atom stereocenters. The predicted molar refractivity (Wildman–Crippen MR) is 119 cm³/mol. The van der Waals surface area contributed by atoms with Gasteiger partial charge in [-0.25, -0.2) is 0 Å². The molecule has 0 radical (unpaired) electrons. The molecule has 9 heteroatoms. The molecule has 2 aromatic heterocycles. The number of aromatic nitrogens is 3. The summed E-state index contributed by atoms with van der Waals surface area (Å²) in [5.74, 6) is 1.10. The highest BCUT2D eigenvalue weighted by atomic mass is 16.6. The Bertz CT molecular complexity index is 1290. The lowest BCUT2D eigenvalue weighted by atomic mass is 10.0. The zero-order valence-corrected chi connectivity index (χ0v) is 18.1. The summed E-state index contributed by atoms with van der Waals surface area (Å²) in [6.45, 7) is 2.09. The molecule has 1 fully saturated rings. The largest absolute Gasteiger partial charge is 0.399 e. The van der Waals surface area contributed by atoms with Gasteiger partial charge in [0.1, 0.15) is 18.9 Å². The second-order valence-electron chi connectivity index (χ2n) is 7.72. The van der Waals surface area contributed by atoms with Gasteiger partial charge in [-0.05, 0) is 30.2 Å². The van der Waals surface area contributed by atoms with Crippen LogP contribution in [-0.2, 0) is 4.84 Å². The number of aryl methyl sites for hydroxylation is 1. The second-order valence-corrected chi connectivity index (χ2v) is 7.72. The van der Waals surface area contributed by atoms with Crippen LogP contribution in [0.15, 0.2) is 74.9 Å². The lowest BCUT2D eigenvalue weighted by Gasteiger charge is -2.21. The van der Waals surface area contributed by atoms with E-state index in [0.29, 0.717) is 47.4 Å². The Labute approximate surface area is 189 Å². The normalized spacial score (nSPS) is 17.0. The fourth-order valence-electron chi connectivity index (χ4n) is 3.88. The third-order valence-electron chi connectivity index (χ3n) is 5.46. The summed E-state index contributed by atoms with van der Waals surface area (Å²) in [4.78, 5) is 24.5. The molecule has 1 amide bonds. The van der Waals surface area contributed by atoms with Gasteiger partial charge in [0.25, 0.3) is 5.91 Å².